The molecule has 0 saturated carbocycles. The second kappa shape index (κ2) is 5.32. The molecule has 0 aromatic rings. The van der Waals surface area contributed by atoms with E-state index in [2.05, 4.69) is 12.7 Å². The molecule has 1 rings (SSSR count). The van der Waals surface area contributed by atoms with E-state index in [1.54, 1.807) is 6.08 Å². The fourth-order valence-corrected chi connectivity index (χ4v) is 2.09. The van der Waals surface area contributed by atoms with Gasteiger partial charge in [-0.15, -0.1) is 0 Å². The summed E-state index contributed by atoms with van der Waals surface area (Å²) in [4.78, 5) is 2.03. The molecule has 0 aromatic carbocycles. The highest BCUT2D eigenvalue weighted by atomic mass is 32.2. The van der Waals surface area contributed by atoms with Gasteiger partial charge in [-0.05, 0) is 25.0 Å². The molecule has 1 heterocycles. The second-order valence-corrected chi connectivity index (χ2v) is 5.38. The van der Waals surface area contributed by atoms with Gasteiger partial charge in [0.2, 0.25) is 0 Å². The molecule has 90 valence electrons. The van der Waals surface area contributed by atoms with Crippen molar-refractivity contribution in [1.82, 2.24) is 4.90 Å². The van der Waals surface area contributed by atoms with Crippen LogP contribution in [0.1, 0.15) is 13.3 Å². The Morgan fingerprint density at radius 2 is 2.31 bits per heavy atom. The van der Waals surface area contributed by atoms with Crippen LogP contribution in [0.15, 0.2) is 36.6 Å². The molecule has 0 radical (unpaired) electrons. The molecule has 16 heavy (non-hydrogen) atoms. The lowest BCUT2D eigenvalue weighted by Crippen LogP contribution is -2.30. The van der Waals surface area contributed by atoms with E-state index >= 15 is 0 Å². The smallest absolute Gasteiger partial charge is 0.264 e. The molecular weight excluding hydrogens is 226 g/mol. The Kier molecular flexibility index (Phi) is 4.32. The lowest BCUT2D eigenvalue weighted by molar-refractivity contribution is 0.330. The van der Waals surface area contributed by atoms with Crippen LogP contribution in [0.2, 0.25) is 0 Å². The van der Waals surface area contributed by atoms with E-state index in [4.69, 9.17) is 4.55 Å². The molecule has 1 aliphatic heterocycles. The van der Waals surface area contributed by atoms with Crippen LogP contribution in [0, 0.1) is 0 Å². The van der Waals surface area contributed by atoms with Gasteiger partial charge in [-0.2, -0.15) is 8.42 Å². The van der Waals surface area contributed by atoms with Crippen LogP contribution >= 0.6 is 0 Å². The van der Waals surface area contributed by atoms with Gasteiger partial charge in [-0.3, -0.25) is 4.55 Å². The van der Waals surface area contributed by atoms with Crippen LogP contribution in [0.5, 0.6) is 0 Å². The van der Waals surface area contributed by atoms with Crippen molar-refractivity contribution in [3.63, 3.8) is 0 Å². The Morgan fingerprint density at radius 1 is 1.62 bits per heavy atom. The van der Waals surface area contributed by atoms with E-state index in [1.165, 1.54) is 0 Å². The Balaban J connectivity index is 2.44. The maximum atomic E-state index is 10.5. The van der Waals surface area contributed by atoms with Gasteiger partial charge in [-0.1, -0.05) is 18.7 Å². The maximum absolute atomic E-state index is 10.5. The molecule has 0 bridgehead atoms. The summed E-state index contributed by atoms with van der Waals surface area (Å²) < 4.78 is 29.7. The van der Waals surface area contributed by atoms with Gasteiger partial charge >= 0.3 is 0 Å². The van der Waals surface area contributed by atoms with Crippen molar-refractivity contribution in [1.29, 1.82) is 0 Å². The Labute approximate surface area is 96.7 Å². The van der Waals surface area contributed by atoms with Crippen molar-refractivity contribution in [2.45, 2.75) is 19.4 Å². The van der Waals surface area contributed by atoms with Crippen LogP contribution in [0.4, 0.5) is 0 Å². The highest BCUT2D eigenvalue weighted by Gasteiger charge is 2.12. The number of hydrogen-bond acceptors (Lipinski definition) is 3. The van der Waals surface area contributed by atoms with E-state index in [0.29, 0.717) is 13.0 Å². The van der Waals surface area contributed by atoms with Crippen molar-refractivity contribution < 1.29 is 13.0 Å². The largest absolute Gasteiger partial charge is 0.371 e. The van der Waals surface area contributed by atoms with Crippen LogP contribution in [-0.4, -0.2) is 36.2 Å². The van der Waals surface area contributed by atoms with Crippen LogP contribution < -0.4 is 0 Å². The van der Waals surface area contributed by atoms with Crippen LogP contribution in [0.3, 0.4) is 0 Å². The summed E-state index contributed by atoms with van der Waals surface area (Å²) in [7, 11) is -3.84. The number of allylic oxidation sites excluding steroid dienone is 3. The summed E-state index contributed by atoms with van der Waals surface area (Å²) >= 11 is 0. The first-order chi connectivity index (χ1) is 7.42. The minimum absolute atomic E-state index is 0.192. The van der Waals surface area contributed by atoms with Crippen LogP contribution in [0.25, 0.3) is 0 Å². The third-order valence-electron chi connectivity index (χ3n) is 2.47. The van der Waals surface area contributed by atoms with Crippen LogP contribution in [-0.2, 0) is 10.1 Å². The summed E-state index contributed by atoms with van der Waals surface area (Å²) in [6.07, 6.45) is 8.11. The van der Waals surface area contributed by atoms with Crippen molar-refractivity contribution >= 4 is 10.1 Å². The summed E-state index contributed by atoms with van der Waals surface area (Å²) in [5, 5.41) is 0. The normalized spacial score (nSPS) is 20.8. The van der Waals surface area contributed by atoms with Gasteiger partial charge in [-0.25, -0.2) is 0 Å². The summed E-state index contributed by atoms with van der Waals surface area (Å²) in [5.41, 5.74) is 1.07. The molecule has 0 fully saturated rings. The SMILES string of the molecule is C=CC1=CC(C)N(CCCS(=O)(=O)O)C=C1. The molecule has 4 nitrogen and oxygen atoms in total. The van der Waals surface area contributed by atoms with Crippen molar-refractivity contribution in [2.75, 3.05) is 12.3 Å². The number of hydrogen-bond donors (Lipinski definition) is 1. The van der Waals surface area contributed by atoms with Crippen molar-refractivity contribution in [3.8, 4) is 0 Å². The standard InChI is InChI=1S/C11H17NO3S/c1-3-11-5-7-12(10(2)9-11)6-4-8-16(13,14)15/h3,5,7,9-10H,1,4,6,8H2,2H3,(H,13,14,15). The Bertz CT molecular complexity index is 409. The number of rotatable bonds is 5. The molecule has 1 unspecified atom stereocenters. The van der Waals surface area contributed by atoms with Gasteiger partial charge in [0, 0.05) is 18.8 Å². The third-order valence-corrected chi connectivity index (χ3v) is 3.27. The molecule has 0 amide bonds. The zero-order valence-corrected chi connectivity index (χ0v) is 10.2. The second-order valence-electron chi connectivity index (χ2n) is 3.80. The van der Waals surface area contributed by atoms with Gasteiger partial charge in [0.1, 0.15) is 0 Å². The highest BCUT2D eigenvalue weighted by Crippen LogP contribution is 2.14. The van der Waals surface area contributed by atoms with Crippen molar-refractivity contribution in [2.24, 2.45) is 0 Å². The molecule has 0 aromatic heterocycles. The minimum atomic E-state index is -3.84. The monoisotopic (exact) mass is 243 g/mol. The lowest BCUT2D eigenvalue weighted by Gasteiger charge is -2.28. The molecular formula is C11H17NO3S. The van der Waals surface area contributed by atoms with Gasteiger partial charge in [0.15, 0.2) is 0 Å². The quantitative estimate of drug-likeness (QED) is 0.745. The van der Waals surface area contributed by atoms with Crippen molar-refractivity contribution in [3.05, 3.63) is 36.6 Å². The summed E-state index contributed by atoms with van der Waals surface area (Å²) in [6, 6.07) is 0.222. The van der Waals surface area contributed by atoms with Gasteiger partial charge in [0.05, 0.1) is 5.75 Å². The fourth-order valence-electron chi connectivity index (χ4n) is 1.59. The predicted octanol–water partition coefficient (Wildman–Crippen LogP) is 1.59. The predicted molar refractivity (Wildman–Crippen MR) is 64.6 cm³/mol. The molecule has 1 N–H and O–H groups in total. The van der Waals surface area contributed by atoms with E-state index < -0.39 is 10.1 Å². The molecule has 5 heteroatoms. The van der Waals surface area contributed by atoms with E-state index in [0.717, 1.165) is 5.57 Å². The Morgan fingerprint density at radius 3 is 2.81 bits per heavy atom. The highest BCUT2D eigenvalue weighted by molar-refractivity contribution is 7.85. The fraction of sp³-hybridized carbons (Fsp3) is 0.455. The topological polar surface area (TPSA) is 57.6 Å². The number of nitrogens with zero attached hydrogens (tertiary/aromatic N) is 1. The van der Waals surface area contributed by atoms with E-state index in [-0.39, 0.29) is 11.8 Å². The molecule has 0 saturated heterocycles. The first-order valence-corrected chi connectivity index (χ1v) is 6.76. The first kappa shape index (κ1) is 13.0. The van der Waals surface area contributed by atoms with Gasteiger partial charge in [0.25, 0.3) is 10.1 Å². The Hall–Kier alpha value is -1.07. The van der Waals surface area contributed by atoms with Gasteiger partial charge < -0.3 is 4.90 Å². The average molecular weight is 243 g/mol. The molecule has 1 atom stereocenters. The molecule has 0 aliphatic carbocycles. The lowest BCUT2D eigenvalue weighted by atomic mass is 10.1. The zero-order valence-electron chi connectivity index (χ0n) is 9.33. The van der Waals surface area contributed by atoms with E-state index in [9.17, 15) is 8.42 Å². The maximum Gasteiger partial charge on any atom is 0.264 e. The average Bonchev–Trinajstić information content (AvgIpc) is 2.18. The zero-order chi connectivity index (χ0) is 12.2. The molecule has 0 spiro atoms. The minimum Gasteiger partial charge on any atom is -0.371 e. The molecule has 1 aliphatic rings. The summed E-state index contributed by atoms with van der Waals surface area (Å²) in [5.74, 6) is -0.192. The van der Waals surface area contributed by atoms with E-state index in [1.807, 2.05) is 24.1 Å². The first-order valence-electron chi connectivity index (χ1n) is 5.16. The third kappa shape index (κ3) is 4.20. The summed E-state index contributed by atoms with van der Waals surface area (Å²) in [6.45, 7) is 6.33.